The summed E-state index contributed by atoms with van der Waals surface area (Å²) in [6.45, 7) is 5.21. The molecule has 0 amide bonds. The predicted octanol–water partition coefficient (Wildman–Crippen LogP) is 0.448. The summed E-state index contributed by atoms with van der Waals surface area (Å²) in [6, 6.07) is 0. The zero-order chi connectivity index (χ0) is 13.3. The number of hydrogen-bond donors (Lipinski definition) is 2. The second kappa shape index (κ2) is 4.89. The van der Waals surface area contributed by atoms with Crippen molar-refractivity contribution in [2.45, 2.75) is 30.5 Å². The lowest BCUT2D eigenvalue weighted by Gasteiger charge is -2.24. The van der Waals surface area contributed by atoms with Crippen molar-refractivity contribution in [3.8, 4) is 0 Å². The van der Waals surface area contributed by atoms with Gasteiger partial charge in [-0.15, -0.1) is 0 Å². The lowest BCUT2D eigenvalue weighted by atomic mass is 10.1. The van der Waals surface area contributed by atoms with Crippen molar-refractivity contribution in [3.63, 3.8) is 0 Å². The molecule has 0 radical (unpaired) electrons. The molecule has 2 N–H and O–H groups in total. The summed E-state index contributed by atoms with van der Waals surface area (Å²) in [6.07, 6.45) is 0. The summed E-state index contributed by atoms with van der Waals surface area (Å²) < 4.78 is 31.5. The van der Waals surface area contributed by atoms with E-state index in [0.29, 0.717) is 17.0 Å². The largest absolute Gasteiger partial charge is 0.383 e. The van der Waals surface area contributed by atoms with E-state index in [0.717, 1.165) is 0 Å². The van der Waals surface area contributed by atoms with Gasteiger partial charge in [0.1, 0.15) is 0 Å². The molecule has 0 unspecified atom stereocenters. The third kappa shape index (κ3) is 3.63. The molecule has 1 aromatic rings. The van der Waals surface area contributed by atoms with E-state index in [9.17, 15) is 13.2 Å². The van der Waals surface area contributed by atoms with Crippen LogP contribution in [0.1, 0.15) is 19.5 Å². The highest BCUT2D eigenvalue weighted by atomic mass is 32.2. The van der Waals surface area contributed by atoms with Gasteiger partial charge in [0.05, 0.1) is 12.1 Å². The molecule has 1 aromatic heterocycles. The molecule has 0 fully saturated rings. The molecular weight excluding hydrogens is 264 g/mol. The summed E-state index contributed by atoms with van der Waals surface area (Å²) >= 11 is 0.678. The lowest BCUT2D eigenvalue weighted by Crippen LogP contribution is -2.46. The van der Waals surface area contributed by atoms with E-state index in [1.807, 2.05) is 0 Å². The van der Waals surface area contributed by atoms with E-state index in [1.165, 1.54) is 7.11 Å². The van der Waals surface area contributed by atoms with Crippen LogP contribution in [0.3, 0.4) is 0 Å². The first-order valence-electron chi connectivity index (χ1n) is 4.90. The molecule has 0 saturated carbocycles. The van der Waals surface area contributed by atoms with Crippen LogP contribution >= 0.6 is 11.3 Å². The van der Waals surface area contributed by atoms with Crippen molar-refractivity contribution in [1.82, 2.24) is 9.71 Å². The Morgan fingerprint density at radius 1 is 1.47 bits per heavy atom. The zero-order valence-corrected chi connectivity index (χ0v) is 11.8. The normalized spacial score (nSPS) is 12.9. The fourth-order valence-corrected chi connectivity index (χ4v) is 4.15. The molecule has 0 saturated heterocycles. The average molecular weight is 280 g/mol. The van der Waals surface area contributed by atoms with E-state index in [1.54, 1.807) is 20.8 Å². The van der Waals surface area contributed by atoms with Gasteiger partial charge in [-0.2, -0.15) is 0 Å². The van der Waals surface area contributed by atoms with Gasteiger partial charge < -0.3 is 9.72 Å². The van der Waals surface area contributed by atoms with Crippen molar-refractivity contribution in [3.05, 3.63) is 15.4 Å². The molecule has 0 atom stereocenters. The van der Waals surface area contributed by atoms with Crippen molar-refractivity contribution in [2.24, 2.45) is 0 Å². The van der Waals surface area contributed by atoms with Gasteiger partial charge in [-0.1, -0.05) is 11.3 Å². The number of H-pyrrole nitrogens is 1. The number of aromatic nitrogens is 1. The van der Waals surface area contributed by atoms with Crippen LogP contribution in [0.15, 0.2) is 9.00 Å². The second-order valence-electron chi connectivity index (χ2n) is 4.35. The van der Waals surface area contributed by atoms with Crippen LogP contribution in [0.25, 0.3) is 0 Å². The molecule has 0 aliphatic rings. The van der Waals surface area contributed by atoms with Crippen LogP contribution in [0.2, 0.25) is 0 Å². The van der Waals surface area contributed by atoms with Gasteiger partial charge in [0.15, 0.2) is 4.21 Å². The first kappa shape index (κ1) is 14.4. The monoisotopic (exact) mass is 280 g/mol. The Morgan fingerprint density at radius 2 is 2.06 bits per heavy atom. The first-order valence-corrected chi connectivity index (χ1v) is 7.20. The second-order valence-corrected chi connectivity index (χ2v) is 7.21. The minimum atomic E-state index is -3.69. The van der Waals surface area contributed by atoms with E-state index in [-0.39, 0.29) is 15.7 Å². The minimum absolute atomic E-state index is 0.0201. The first-order chi connectivity index (χ1) is 7.68. The molecule has 1 rings (SSSR count). The van der Waals surface area contributed by atoms with Crippen LogP contribution in [0.4, 0.5) is 0 Å². The number of methoxy groups -OCH3 is 1. The summed E-state index contributed by atoms with van der Waals surface area (Å²) in [7, 11) is -2.20. The topological polar surface area (TPSA) is 88.3 Å². The third-order valence-electron chi connectivity index (χ3n) is 1.94. The fraction of sp³-hybridized carbons (Fsp3) is 0.667. The Balaban J connectivity index is 3.05. The van der Waals surface area contributed by atoms with E-state index in [4.69, 9.17) is 4.74 Å². The Labute approximate surface area is 104 Å². The maximum absolute atomic E-state index is 12.0. The van der Waals surface area contributed by atoms with Gasteiger partial charge in [0.25, 0.3) is 10.0 Å². The van der Waals surface area contributed by atoms with Gasteiger partial charge in [-0.25, -0.2) is 13.1 Å². The van der Waals surface area contributed by atoms with Gasteiger partial charge in [0, 0.05) is 12.8 Å². The predicted molar refractivity (Wildman–Crippen MR) is 66.0 cm³/mol. The number of hydrogen-bond acceptors (Lipinski definition) is 5. The Hall–Kier alpha value is -0.700. The van der Waals surface area contributed by atoms with Crippen LogP contribution < -0.4 is 9.60 Å². The number of nitrogens with one attached hydrogen (secondary N) is 2. The summed E-state index contributed by atoms with van der Waals surface area (Å²) in [5.41, 5.74) is -0.381. The summed E-state index contributed by atoms with van der Waals surface area (Å²) in [4.78, 5) is 13.2. The molecule has 98 valence electrons. The van der Waals surface area contributed by atoms with E-state index >= 15 is 0 Å². The molecule has 0 bridgehead atoms. The third-order valence-corrected chi connectivity index (χ3v) is 5.24. The highest BCUT2D eigenvalue weighted by Crippen LogP contribution is 2.18. The smallest absolute Gasteiger partial charge is 0.305 e. The highest BCUT2D eigenvalue weighted by molar-refractivity contribution is 7.91. The molecule has 0 aromatic carbocycles. The van der Waals surface area contributed by atoms with Gasteiger partial charge >= 0.3 is 4.87 Å². The number of ether oxygens (including phenoxy) is 1. The summed E-state index contributed by atoms with van der Waals surface area (Å²) in [5.74, 6) is 0. The SMILES string of the molecule is COCC(C)(C)NS(=O)(=O)c1sc(=O)[nH]c1C. The minimum Gasteiger partial charge on any atom is -0.383 e. The zero-order valence-electron chi connectivity index (χ0n) is 10.2. The molecule has 17 heavy (non-hydrogen) atoms. The van der Waals surface area contributed by atoms with Crippen LogP contribution in [0.5, 0.6) is 0 Å². The van der Waals surface area contributed by atoms with Crippen molar-refractivity contribution < 1.29 is 13.2 Å². The van der Waals surface area contributed by atoms with Crippen molar-refractivity contribution >= 4 is 21.4 Å². The molecule has 0 aliphatic heterocycles. The molecule has 6 nitrogen and oxygen atoms in total. The molecule has 1 heterocycles. The standard InChI is InChI=1S/C9H16N2O4S2/c1-6-7(16-8(12)10-6)17(13,14)11-9(2,3)5-15-4/h11H,5H2,1-4H3,(H,10,12). The molecular formula is C9H16N2O4S2. The van der Waals surface area contributed by atoms with Gasteiger partial charge in [0.2, 0.25) is 0 Å². The maximum Gasteiger partial charge on any atom is 0.305 e. The van der Waals surface area contributed by atoms with Crippen LogP contribution in [-0.4, -0.2) is 32.7 Å². The lowest BCUT2D eigenvalue weighted by molar-refractivity contribution is 0.141. The average Bonchev–Trinajstić information content (AvgIpc) is 2.43. The van der Waals surface area contributed by atoms with Crippen LogP contribution in [-0.2, 0) is 14.8 Å². The molecule has 8 heteroatoms. The Kier molecular flexibility index (Phi) is 4.13. The number of aryl methyl sites for hydroxylation is 1. The van der Waals surface area contributed by atoms with Gasteiger partial charge in [-0.3, -0.25) is 4.79 Å². The number of aromatic amines is 1. The molecule has 0 spiro atoms. The Morgan fingerprint density at radius 3 is 2.47 bits per heavy atom. The van der Waals surface area contributed by atoms with Crippen molar-refractivity contribution in [2.75, 3.05) is 13.7 Å². The van der Waals surface area contributed by atoms with E-state index < -0.39 is 15.6 Å². The maximum atomic E-state index is 12.0. The molecule has 0 aliphatic carbocycles. The van der Waals surface area contributed by atoms with Crippen molar-refractivity contribution in [1.29, 1.82) is 0 Å². The van der Waals surface area contributed by atoms with E-state index in [2.05, 4.69) is 9.71 Å². The Bertz CT molecular complexity index is 542. The fourth-order valence-electron chi connectivity index (χ4n) is 1.45. The quantitative estimate of drug-likeness (QED) is 0.819. The number of thiazole rings is 1. The van der Waals surface area contributed by atoms with Crippen LogP contribution in [0, 0.1) is 6.92 Å². The number of rotatable bonds is 5. The summed E-state index contributed by atoms with van der Waals surface area (Å²) in [5, 5.41) is 0. The highest BCUT2D eigenvalue weighted by Gasteiger charge is 2.28. The number of sulfonamides is 1. The van der Waals surface area contributed by atoms with Gasteiger partial charge in [-0.05, 0) is 20.8 Å².